The molecule has 13 heteroatoms. The topological polar surface area (TPSA) is 213 Å². The first-order valence-corrected chi connectivity index (χ1v) is 11.6. The van der Waals surface area contributed by atoms with Crippen LogP contribution in [0.5, 0.6) is 11.5 Å². The van der Waals surface area contributed by atoms with E-state index in [0.29, 0.717) is 5.56 Å². The first-order valence-electron chi connectivity index (χ1n) is 11.6. The van der Waals surface area contributed by atoms with Gasteiger partial charge in [-0.3, -0.25) is 0 Å². The van der Waals surface area contributed by atoms with Gasteiger partial charge >= 0.3 is 11.9 Å². The molecule has 3 rings (SSSR count). The smallest absolute Gasteiger partial charge is 0.334 e. The van der Waals surface area contributed by atoms with E-state index in [1.165, 1.54) is 30.4 Å². The fraction of sp³-hybridized carbons (Fsp3) is 0.440. The van der Waals surface area contributed by atoms with Crippen LogP contribution in [0.3, 0.4) is 0 Å². The number of rotatable bonds is 10. The Balaban J connectivity index is 1.65. The van der Waals surface area contributed by atoms with Crippen molar-refractivity contribution in [2.24, 2.45) is 11.8 Å². The molecular weight excluding hydrogens is 508 g/mol. The summed E-state index contributed by atoms with van der Waals surface area (Å²) in [6, 6.07) is 3.97. The van der Waals surface area contributed by atoms with Crippen molar-refractivity contribution in [1.29, 1.82) is 0 Å². The summed E-state index contributed by atoms with van der Waals surface area (Å²) in [5.41, 5.74) is 0.285. The van der Waals surface area contributed by atoms with E-state index in [4.69, 9.17) is 18.9 Å². The SMILES string of the molecule is C=C[C@H]1[C@H](O[C@@H]2O[C@H](CO)[C@@H](O)[C@H](O)[C@H]2O)OC=C(C(=O)O)[C@H]1CCOC(=O)C=Cc1ccc(O)c(O)c1. The summed E-state index contributed by atoms with van der Waals surface area (Å²) in [5.74, 6) is -4.33. The van der Waals surface area contributed by atoms with Gasteiger partial charge in [0.2, 0.25) is 6.29 Å². The molecule has 0 radical (unpaired) electrons. The van der Waals surface area contributed by atoms with Crippen LogP contribution < -0.4 is 0 Å². The summed E-state index contributed by atoms with van der Waals surface area (Å²) in [6.07, 6.45) is -4.16. The molecule has 2 aliphatic rings. The van der Waals surface area contributed by atoms with E-state index in [2.05, 4.69) is 6.58 Å². The number of ether oxygens (including phenoxy) is 4. The van der Waals surface area contributed by atoms with Crippen LogP contribution in [-0.4, -0.2) is 97.9 Å². The van der Waals surface area contributed by atoms with Gasteiger partial charge in [-0.2, -0.15) is 0 Å². The number of aliphatic carboxylic acids is 1. The number of esters is 1. The molecule has 1 saturated heterocycles. The molecule has 0 amide bonds. The fourth-order valence-corrected chi connectivity index (χ4v) is 4.13. The maximum absolute atomic E-state index is 12.1. The normalized spacial score (nSPS) is 31.3. The minimum absolute atomic E-state index is 0.0201. The summed E-state index contributed by atoms with van der Waals surface area (Å²) < 4.78 is 21.6. The second-order valence-electron chi connectivity index (χ2n) is 8.67. The van der Waals surface area contributed by atoms with Crippen molar-refractivity contribution in [3.05, 3.63) is 54.3 Å². The Kier molecular flexibility index (Phi) is 9.85. The molecule has 0 saturated carbocycles. The quantitative estimate of drug-likeness (QED) is 0.0876. The summed E-state index contributed by atoms with van der Waals surface area (Å²) in [5, 5.41) is 68.1. The molecule has 0 aromatic heterocycles. The number of carboxylic acids is 1. The Morgan fingerprint density at radius 3 is 2.42 bits per heavy atom. The summed E-state index contributed by atoms with van der Waals surface area (Å²) in [4.78, 5) is 23.9. The Labute approximate surface area is 217 Å². The highest BCUT2D eigenvalue weighted by atomic mass is 16.8. The zero-order valence-corrected chi connectivity index (χ0v) is 20.1. The first kappa shape index (κ1) is 29.1. The van der Waals surface area contributed by atoms with Crippen molar-refractivity contribution in [1.82, 2.24) is 0 Å². The molecule has 38 heavy (non-hydrogen) atoms. The Hall–Kier alpha value is -3.46. The number of aliphatic hydroxyl groups excluding tert-OH is 4. The number of hydrogen-bond donors (Lipinski definition) is 7. The average Bonchev–Trinajstić information content (AvgIpc) is 2.89. The molecule has 0 bridgehead atoms. The Morgan fingerprint density at radius 2 is 1.79 bits per heavy atom. The average molecular weight is 539 g/mol. The Bertz CT molecular complexity index is 1070. The molecule has 1 aromatic carbocycles. The minimum Gasteiger partial charge on any atom is -0.504 e. The number of benzene rings is 1. The predicted molar refractivity (Wildman–Crippen MR) is 127 cm³/mol. The van der Waals surface area contributed by atoms with Crippen LogP contribution in [0.15, 0.2) is 48.8 Å². The van der Waals surface area contributed by atoms with Crippen molar-refractivity contribution in [3.8, 4) is 11.5 Å². The molecule has 2 aliphatic heterocycles. The van der Waals surface area contributed by atoms with Crippen LogP contribution in [0.2, 0.25) is 0 Å². The highest BCUT2D eigenvalue weighted by Gasteiger charge is 2.47. The first-order chi connectivity index (χ1) is 18.1. The summed E-state index contributed by atoms with van der Waals surface area (Å²) in [6.45, 7) is 2.83. The summed E-state index contributed by atoms with van der Waals surface area (Å²) >= 11 is 0. The molecule has 8 atom stereocenters. The monoisotopic (exact) mass is 538 g/mol. The van der Waals surface area contributed by atoms with E-state index in [0.717, 1.165) is 12.3 Å². The van der Waals surface area contributed by atoms with E-state index < -0.39 is 67.4 Å². The molecule has 208 valence electrons. The number of phenols is 2. The van der Waals surface area contributed by atoms with E-state index in [1.807, 2.05) is 0 Å². The lowest BCUT2D eigenvalue weighted by Crippen LogP contribution is -2.60. The van der Waals surface area contributed by atoms with Gasteiger partial charge in [0.15, 0.2) is 17.8 Å². The lowest BCUT2D eigenvalue weighted by Gasteiger charge is -2.43. The van der Waals surface area contributed by atoms with Gasteiger partial charge in [0.05, 0.1) is 25.0 Å². The highest BCUT2D eigenvalue weighted by Crippen LogP contribution is 2.36. The highest BCUT2D eigenvalue weighted by molar-refractivity contribution is 5.88. The van der Waals surface area contributed by atoms with Gasteiger partial charge in [-0.1, -0.05) is 12.1 Å². The lowest BCUT2D eigenvalue weighted by molar-refractivity contribution is -0.339. The maximum atomic E-state index is 12.1. The zero-order valence-electron chi connectivity index (χ0n) is 20.1. The van der Waals surface area contributed by atoms with Crippen LogP contribution >= 0.6 is 0 Å². The minimum atomic E-state index is -1.70. The number of carbonyl (C=O) groups excluding carboxylic acids is 1. The zero-order chi connectivity index (χ0) is 28.0. The van der Waals surface area contributed by atoms with E-state index in [9.17, 15) is 45.3 Å². The molecular formula is C25H30O13. The number of phenolic OH excluding ortho intramolecular Hbond substituents is 2. The van der Waals surface area contributed by atoms with Crippen LogP contribution in [0, 0.1) is 11.8 Å². The second-order valence-corrected chi connectivity index (χ2v) is 8.67. The maximum Gasteiger partial charge on any atom is 0.334 e. The molecule has 1 fully saturated rings. The predicted octanol–water partition coefficient (Wildman–Crippen LogP) is -0.396. The summed E-state index contributed by atoms with van der Waals surface area (Å²) in [7, 11) is 0. The number of carbonyl (C=O) groups is 2. The number of hydrogen-bond acceptors (Lipinski definition) is 12. The van der Waals surface area contributed by atoms with Gasteiger partial charge in [-0.05, 0) is 30.2 Å². The van der Waals surface area contributed by atoms with Crippen LogP contribution in [-0.2, 0) is 28.5 Å². The Morgan fingerprint density at radius 1 is 1.05 bits per heavy atom. The number of aliphatic hydroxyl groups is 4. The van der Waals surface area contributed by atoms with E-state index in [1.54, 1.807) is 0 Å². The van der Waals surface area contributed by atoms with Crippen LogP contribution in [0.25, 0.3) is 6.08 Å². The molecule has 0 spiro atoms. The second kappa shape index (κ2) is 12.9. The van der Waals surface area contributed by atoms with Gasteiger partial charge in [-0.15, -0.1) is 6.58 Å². The molecule has 1 aromatic rings. The largest absolute Gasteiger partial charge is 0.504 e. The number of carboxylic acid groups (broad SMARTS) is 1. The van der Waals surface area contributed by atoms with Crippen molar-refractivity contribution in [3.63, 3.8) is 0 Å². The van der Waals surface area contributed by atoms with Crippen LogP contribution in [0.4, 0.5) is 0 Å². The molecule has 0 unspecified atom stereocenters. The molecule has 0 aliphatic carbocycles. The van der Waals surface area contributed by atoms with Gasteiger partial charge in [-0.25, -0.2) is 9.59 Å². The van der Waals surface area contributed by atoms with Gasteiger partial charge in [0.1, 0.15) is 24.4 Å². The third-order valence-electron chi connectivity index (χ3n) is 6.23. The fourth-order valence-electron chi connectivity index (χ4n) is 4.13. The van der Waals surface area contributed by atoms with Crippen molar-refractivity contribution in [2.45, 2.75) is 43.4 Å². The molecule has 2 heterocycles. The van der Waals surface area contributed by atoms with Gasteiger partial charge in [0.25, 0.3) is 0 Å². The van der Waals surface area contributed by atoms with Crippen molar-refractivity contribution in [2.75, 3.05) is 13.2 Å². The lowest BCUT2D eigenvalue weighted by atomic mass is 9.82. The number of aromatic hydroxyl groups is 2. The standard InChI is InChI=1S/C25H30O13/c1-2-13-14(7-8-35-19(29)6-4-12-3-5-16(27)17(28)9-12)15(23(33)34)11-36-24(13)38-25-22(32)21(31)20(30)18(10-26)37-25/h2-6,9,11,13-14,18,20-22,24-28,30-32H,1,7-8,10H2,(H,33,34)/t13-,14+,18-,20-,21+,22-,24+,25+/m1/s1. The molecule has 13 nitrogen and oxygen atoms in total. The van der Waals surface area contributed by atoms with Crippen molar-refractivity contribution >= 4 is 18.0 Å². The van der Waals surface area contributed by atoms with Gasteiger partial charge in [0, 0.05) is 17.9 Å². The van der Waals surface area contributed by atoms with Gasteiger partial charge < -0.3 is 54.7 Å². The van der Waals surface area contributed by atoms with E-state index in [-0.39, 0.29) is 30.1 Å². The van der Waals surface area contributed by atoms with E-state index >= 15 is 0 Å². The third-order valence-corrected chi connectivity index (χ3v) is 6.23. The third kappa shape index (κ3) is 6.69. The molecule has 7 N–H and O–H groups in total. The van der Waals surface area contributed by atoms with Crippen molar-refractivity contribution < 1.29 is 64.3 Å². The van der Waals surface area contributed by atoms with Crippen LogP contribution in [0.1, 0.15) is 12.0 Å².